The molecular weight excluding hydrogens is 225 g/mol. The van der Waals surface area contributed by atoms with Crippen LogP contribution < -0.4 is 5.73 Å². The van der Waals surface area contributed by atoms with Crippen LogP contribution in [0.3, 0.4) is 0 Å². The highest BCUT2D eigenvalue weighted by atomic mass is 35.5. The predicted molar refractivity (Wildman–Crippen MR) is 66.0 cm³/mol. The molecular formula is C13H11ClFN. The lowest BCUT2D eigenvalue weighted by Crippen LogP contribution is -1.88. The average molecular weight is 236 g/mol. The monoisotopic (exact) mass is 235 g/mol. The third-order valence-electron chi connectivity index (χ3n) is 2.48. The Bertz CT molecular complexity index is 537. The lowest BCUT2D eigenvalue weighted by Gasteiger charge is -2.06. The van der Waals surface area contributed by atoms with Crippen molar-refractivity contribution < 1.29 is 4.39 Å². The molecule has 1 nitrogen and oxygen atoms in total. The Morgan fingerprint density at radius 3 is 2.50 bits per heavy atom. The summed E-state index contributed by atoms with van der Waals surface area (Å²) in [5.41, 5.74) is 8.36. The summed E-state index contributed by atoms with van der Waals surface area (Å²) in [7, 11) is 0. The van der Waals surface area contributed by atoms with Crippen LogP contribution in [0, 0.1) is 12.7 Å². The molecule has 82 valence electrons. The Balaban J connectivity index is 2.54. The molecule has 0 heterocycles. The van der Waals surface area contributed by atoms with E-state index < -0.39 is 0 Å². The zero-order valence-corrected chi connectivity index (χ0v) is 9.55. The number of benzene rings is 2. The van der Waals surface area contributed by atoms with Crippen molar-refractivity contribution in [3.05, 3.63) is 52.8 Å². The zero-order chi connectivity index (χ0) is 11.7. The first kappa shape index (κ1) is 11.0. The Morgan fingerprint density at radius 2 is 1.88 bits per heavy atom. The molecule has 0 atom stereocenters. The fourth-order valence-electron chi connectivity index (χ4n) is 1.53. The summed E-state index contributed by atoms with van der Waals surface area (Å²) in [5.74, 6) is -0.231. The van der Waals surface area contributed by atoms with Gasteiger partial charge in [0.25, 0.3) is 0 Å². The van der Waals surface area contributed by atoms with Gasteiger partial charge < -0.3 is 5.73 Å². The van der Waals surface area contributed by atoms with Crippen molar-refractivity contribution >= 4 is 17.3 Å². The quantitative estimate of drug-likeness (QED) is 0.742. The Hall–Kier alpha value is -1.54. The first-order valence-electron chi connectivity index (χ1n) is 4.89. The molecule has 2 N–H and O–H groups in total. The van der Waals surface area contributed by atoms with E-state index in [-0.39, 0.29) is 5.82 Å². The van der Waals surface area contributed by atoms with Gasteiger partial charge in [0, 0.05) is 11.3 Å². The first-order chi connectivity index (χ1) is 7.58. The molecule has 0 aromatic heterocycles. The van der Waals surface area contributed by atoms with E-state index in [0.717, 1.165) is 11.1 Å². The molecule has 16 heavy (non-hydrogen) atoms. The van der Waals surface area contributed by atoms with Crippen LogP contribution in [0.25, 0.3) is 11.1 Å². The summed E-state index contributed by atoms with van der Waals surface area (Å²) in [6.07, 6.45) is 0. The van der Waals surface area contributed by atoms with Gasteiger partial charge in [0.15, 0.2) is 0 Å². The number of hydrogen-bond acceptors (Lipinski definition) is 1. The van der Waals surface area contributed by atoms with Crippen LogP contribution in [-0.2, 0) is 0 Å². The number of rotatable bonds is 1. The molecule has 0 bridgehead atoms. The van der Waals surface area contributed by atoms with Crippen molar-refractivity contribution in [2.45, 2.75) is 6.92 Å². The van der Waals surface area contributed by atoms with Gasteiger partial charge in [-0.2, -0.15) is 0 Å². The number of aryl methyl sites for hydroxylation is 1. The molecule has 2 rings (SSSR count). The van der Waals surface area contributed by atoms with E-state index in [4.69, 9.17) is 17.3 Å². The van der Waals surface area contributed by atoms with Gasteiger partial charge in [-0.3, -0.25) is 0 Å². The number of halogens is 2. The van der Waals surface area contributed by atoms with Gasteiger partial charge in [-0.05, 0) is 36.2 Å². The highest BCUT2D eigenvalue weighted by Crippen LogP contribution is 2.30. The van der Waals surface area contributed by atoms with Crippen molar-refractivity contribution in [1.29, 1.82) is 0 Å². The summed E-state index contributed by atoms with van der Waals surface area (Å²) in [5, 5.41) is 0.531. The van der Waals surface area contributed by atoms with Crippen LogP contribution in [0.2, 0.25) is 5.02 Å². The second-order valence-corrected chi connectivity index (χ2v) is 4.11. The lowest BCUT2D eigenvalue weighted by molar-refractivity contribution is 0.619. The first-order valence-corrected chi connectivity index (χ1v) is 5.27. The van der Waals surface area contributed by atoms with Crippen LogP contribution >= 0.6 is 11.6 Å². The minimum absolute atomic E-state index is 0.231. The second kappa shape index (κ2) is 4.14. The highest BCUT2D eigenvalue weighted by Gasteiger charge is 2.06. The van der Waals surface area contributed by atoms with Crippen LogP contribution in [0.4, 0.5) is 10.1 Å². The molecule has 3 heteroatoms. The molecule has 0 radical (unpaired) electrons. The Morgan fingerprint density at radius 1 is 1.12 bits per heavy atom. The van der Waals surface area contributed by atoms with E-state index in [9.17, 15) is 4.39 Å². The minimum atomic E-state index is -0.231. The van der Waals surface area contributed by atoms with Gasteiger partial charge in [0.05, 0.1) is 5.02 Å². The molecule has 0 unspecified atom stereocenters. The number of anilines is 1. The normalized spacial score (nSPS) is 10.4. The molecule has 0 aliphatic heterocycles. The van der Waals surface area contributed by atoms with Crippen LogP contribution in [0.15, 0.2) is 36.4 Å². The van der Waals surface area contributed by atoms with Crippen molar-refractivity contribution in [3.63, 3.8) is 0 Å². The smallest absolute Gasteiger partial charge is 0.126 e. The van der Waals surface area contributed by atoms with E-state index in [1.807, 2.05) is 6.07 Å². The van der Waals surface area contributed by atoms with E-state index >= 15 is 0 Å². The molecule has 0 spiro atoms. The third kappa shape index (κ3) is 2.02. The number of nitrogen functional groups attached to an aromatic ring is 1. The fraction of sp³-hybridized carbons (Fsp3) is 0.0769. The van der Waals surface area contributed by atoms with Gasteiger partial charge in [0.1, 0.15) is 5.82 Å². The average Bonchev–Trinajstić information content (AvgIpc) is 2.22. The maximum atomic E-state index is 13.4. The maximum Gasteiger partial charge on any atom is 0.126 e. The van der Waals surface area contributed by atoms with E-state index in [1.165, 1.54) is 6.07 Å². The van der Waals surface area contributed by atoms with E-state index in [1.54, 1.807) is 31.2 Å². The van der Waals surface area contributed by atoms with Crippen LogP contribution in [0.1, 0.15) is 5.56 Å². The summed E-state index contributed by atoms with van der Waals surface area (Å²) in [4.78, 5) is 0. The van der Waals surface area contributed by atoms with E-state index in [2.05, 4.69) is 0 Å². The van der Waals surface area contributed by atoms with Gasteiger partial charge in [-0.25, -0.2) is 4.39 Å². The maximum absolute atomic E-state index is 13.4. The third-order valence-corrected chi connectivity index (χ3v) is 2.79. The summed E-state index contributed by atoms with van der Waals surface area (Å²) in [6, 6.07) is 10.3. The van der Waals surface area contributed by atoms with Crippen molar-refractivity contribution in [1.82, 2.24) is 0 Å². The van der Waals surface area contributed by atoms with Crippen molar-refractivity contribution in [2.75, 3.05) is 5.73 Å². The highest BCUT2D eigenvalue weighted by molar-refractivity contribution is 6.33. The molecule has 2 aromatic carbocycles. The molecule has 0 amide bonds. The van der Waals surface area contributed by atoms with Gasteiger partial charge in [-0.1, -0.05) is 29.8 Å². The van der Waals surface area contributed by atoms with Crippen molar-refractivity contribution in [2.24, 2.45) is 0 Å². The van der Waals surface area contributed by atoms with E-state index in [0.29, 0.717) is 16.3 Å². The summed E-state index contributed by atoms with van der Waals surface area (Å²) >= 11 is 6.05. The topological polar surface area (TPSA) is 26.0 Å². The van der Waals surface area contributed by atoms with Gasteiger partial charge >= 0.3 is 0 Å². The van der Waals surface area contributed by atoms with Gasteiger partial charge in [0.2, 0.25) is 0 Å². The molecule has 0 fully saturated rings. The molecule has 0 saturated carbocycles. The lowest BCUT2D eigenvalue weighted by atomic mass is 10.0. The zero-order valence-electron chi connectivity index (χ0n) is 8.80. The molecule has 2 aromatic rings. The second-order valence-electron chi connectivity index (χ2n) is 3.70. The summed E-state index contributed by atoms with van der Waals surface area (Å²) < 4.78 is 13.4. The van der Waals surface area contributed by atoms with Crippen molar-refractivity contribution in [3.8, 4) is 11.1 Å². The van der Waals surface area contributed by atoms with Crippen LogP contribution in [-0.4, -0.2) is 0 Å². The molecule has 0 aliphatic carbocycles. The standard InChI is InChI=1S/C13H11ClFN/c1-8-2-3-9(6-13(8)15)11-5-4-10(16)7-12(11)14/h2-7H,16H2,1H3. The number of nitrogens with two attached hydrogens (primary N) is 1. The number of hydrogen-bond donors (Lipinski definition) is 1. The molecule has 0 saturated heterocycles. The SMILES string of the molecule is Cc1ccc(-c2ccc(N)cc2Cl)cc1F. The van der Waals surface area contributed by atoms with Gasteiger partial charge in [-0.15, -0.1) is 0 Å². The molecule has 0 aliphatic rings. The summed E-state index contributed by atoms with van der Waals surface area (Å²) in [6.45, 7) is 1.73. The Labute approximate surface area is 98.7 Å². The Kier molecular flexibility index (Phi) is 2.84. The van der Waals surface area contributed by atoms with Crippen LogP contribution in [0.5, 0.6) is 0 Å². The fourth-order valence-corrected chi connectivity index (χ4v) is 1.82. The minimum Gasteiger partial charge on any atom is -0.399 e. The predicted octanol–water partition coefficient (Wildman–Crippen LogP) is 4.04. The largest absolute Gasteiger partial charge is 0.399 e.